The van der Waals surface area contributed by atoms with E-state index in [2.05, 4.69) is 39.6 Å². The van der Waals surface area contributed by atoms with Gasteiger partial charge in [-0.2, -0.15) is 0 Å². The van der Waals surface area contributed by atoms with Gasteiger partial charge in [-0.05, 0) is 44.7 Å². The number of piperazine rings is 1. The number of allylic oxidation sites excluding steroid dienone is 1. The fourth-order valence-electron chi connectivity index (χ4n) is 3.09. The molecule has 2 amide bonds. The summed E-state index contributed by atoms with van der Waals surface area (Å²) in [6.45, 7) is 6.12. The van der Waals surface area contributed by atoms with E-state index >= 15 is 0 Å². The first-order valence-electron chi connectivity index (χ1n) is 8.37. The lowest BCUT2D eigenvalue weighted by Crippen LogP contribution is -2.44. The molecule has 2 aliphatic heterocycles. The molecular formula is C18H24N4O2. The van der Waals surface area contributed by atoms with Gasteiger partial charge < -0.3 is 15.1 Å². The lowest BCUT2D eigenvalue weighted by Gasteiger charge is -2.34. The number of amides is 2. The molecule has 0 aromatic heterocycles. The van der Waals surface area contributed by atoms with Crippen molar-refractivity contribution in [2.75, 3.05) is 43.4 Å². The molecule has 6 heteroatoms. The Labute approximate surface area is 142 Å². The first-order chi connectivity index (χ1) is 11.5. The largest absolute Gasteiger partial charge is 0.369 e. The number of piperidine rings is 1. The minimum absolute atomic E-state index is 0.201. The van der Waals surface area contributed by atoms with Crippen molar-refractivity contribution in [3.05, 3.63) is 35.5 Å². The average Bonchev–Trinajstić information content (AvgIpc) is 2.56. The fourth-order valence-corrected chi connectivity index (χ4v) is 3.09. The van der Waals surface area contributed by atoms with Crippen LogP contribution in [0.25, 0.3) is 0 Å². The Morgan fingerprint density at radius 3 is 2.33 bits per heavy atom. The van der Waals surface area contributed by atoms with Crippen LogP contribution in [-0.4, -0.2) is 49.9 Å². The summed E-state index contributed by atoms with van der Waals surface area (Å²) in [5, 5.41) is 5.64. The molecule has 2 saturated heterocycles. The Hall–Kier alpha value is -2.34. The molecule has 0 spiro atoms. The lowest BCUT2D eigenvalue weighted by molar-refractivity contribution is -0.130. The van der Waals surface area contributed by atoms with E-state index in [9.17, 15) is 9.59 Å². The number of anilines is 2. The van der Waals surface area contributed by atoms with Crippen LogP contribution in [0.5, 0.6) is 0 Å². The van der Waals surface area contributed by atoms with Crippen LogP contribution in [0.1, 0.15) is 19.8 Å². The highest BCUT2D eigenvalue weighted by Gasteiger charge is 2.22. The monoisotopic (exact) mass is 328 g/mol. The van der Waals surface area contributed by atoms with Gasteiger partial charge >= 0.3 is 0 Å². The minimum atomic E-state index is -0.287. The highest BCUT2D eigenvalue weighted by atomic mass is 16.2. The number of nitrogens with zero attached hydrogens (tertiary/aromatic N) is 2. The van der Waals surface area contributed by atoms with E-state index in [1.54, 1.807) is 0 Å². The maximum Gasteiger partial charge on any atom is 0.255 e. The Balaban J connectivity index is 1.66. The predicted octanol–water partition coefficient (Wildman–Crippen LogP) is 1.56. The van der Waals surface area contributed by atoms with Gasteiger partial charge in [-0.25, -0.2) is 0 Å². The summed E-state index contributed by atoms with van der Waals surface area (Å²) in [5.41, 5.74) is 3.62. The van der Waals surface area contributed by atoms with Gasteiger partial charge in [-0.1, -0.05) is 0 Å². The molecule has 3 rings (SSSR count). The Morgan fingerprint density at radius 1 is 1.04 bits per heavy atom. The Kier molecular flexibility index (Phi) is 4.85. The number of imide groups is 1. The van der Waals surface area contributed by atoms with Crippen LogP contribution >= 0.6 is 0 Å². The third-order valence-electron chi connectivity index (χ3n) is 4.65. The van der Waals surface area contributed by atoms with Crippen LogP contribution in [0.15, 0.2) is 35.5 Å². The molecule has 2 heterocycles. The van der Waals surface area contributed by atoms with Gasteiger partial charge in [0.15, 0.2) is 0 Å². The molecule has 6 nitrogen and oxygen atoms in total. The highest BCUT2D eigenvalue weighted by molar-refractivity contribution is 6.07. The van der Waals surface area contributed by atoms with Crippen LogP contribution in [0.4, 0.5) is 11.4 Å². The zero-order chi connectivity index (χ0) is 17.1. The van der Waals surface area contributed by atoms with E-state index in [1.165, 1.54) is 5.69 Å². The second-order valence-electron chi connectivity index (χ2n) is 6.44. The summed E-state index contributed by atoms with van der Waals surface area (Å²) in [4.78, 5) is 27.8. The fraction of sp³-hybridized carbons (Fsp3) is 0.444. The normalized spacial score (nSPS) is 21.5. The summed E-state index contributed by atoms with van der Waals surface area (Å²) in [6, 6.07) is 8.28. The quantitative estimate of drug-likeness (QED) is 0.651. The summed E-state index contributed by atoms with van der Waals surface area (Å²) >= 11 is 0. The van der Waals surface area contributed by atoms with Crippen LogP contribution in [-0.2, 0) is 9.59 Å². The molecular weight excluding hydrogens is 304 g/mol. The van der Waals surface area contributed by atoms with E-state index in [4.69, 9.17) is 0 Å². The second-order valence-corrected chi connectivity index (χ2v) is 6.44. The van der Waals surface area contributed by atoms with Crippen molar-refractivity contribution in [3.8, 4) is 0 Å². The van der Waals surface area contributed by atoms with Gasteiger partial charge in [0, 0.05) is 55.2 Å². The number of carbonyl (C=O) groups is 2. The summed E-state index contributed by atoms with van der Waals surface area (Å²) in [5.74, 6) is -0.488. The molecule has 0 bridgehead atoms. The molecule has 2 fully saturated rings. The van der Waals surface area contributed by atoms with Crippen molar-refractivity contribution in [2.45, 2.75) is 19.8 Å². The van der Waals surface area contributed by atoms with Gasteiger partial charge in [0.25, 0.3) is 5.91 Å². The molecule has 1 aromatic rings. The third-order valence-corrected chi connectivity index (χ3v) is 4.65. The molecule has 0 atom stereocenters. The Morgan fingerprint density at radius 2 is 1.71 bits per heavy atom. The van der Waals surface area contributed by atoms with Crippen molar-refractivity contribution in [3.63, 3.8) is 0 Å². The lowest BCUT2D eigenvalue weighted by atomic mass is 10.0. The molecule has 1 aromatic carbocycles. The van der Waals surface area contributed by atoms with E-state index in [0.717, 1.165) is 37.6 Å². The highest BCUT2D eigenvalue weighted by Crippen LogP contribution is 2.22. The first kappa shape index (κ1) is 16.5. The molecule has 0 saturated carbocycles. The minimum Gasteiger partial charge on any atom is -0.369 e. The van der Waals surface area contributed by atoms with Crippen molar-refractivity contribution in [2.24, 2.45) is 0 Å². The smallest absolute Gasteiger partial charge is 0.255 e. The maximum atomic E-state index is 11.9. The van der Waals surface area contributed by atoms with Crippen molar-refractivity contribution >= 4 is 23.2 Å². The van der Waals surface area contributed by atoms with Crippen molar-refractivity contribution in [1.29, 1.82) is 0 Å². The third kappa shape index (κ3) is 3.76. The maximum absolute atomic E-state index is 11.9. The van der Waals surface area contributed by atoms with Gasteiger partial charge in [0.05, 0.1) is 0 Å². The number of hydrogen-bond donors (Lipinski definition) is 2. The van der Waals surface area contributed by atoms with Crippen molar-refractivity contribution < 1.29 is 9.59 Å². The molecule has 2 aliphatic rings. The summed E-state index contributed by atoms with van der Waals surface area (Å²) < 4.78 is 0. The van der Waals surface area contributed by atoms with Crippen LogP contribution in [0.3, 0.4) is 0 Å². The van der Waals surface area contributed by atoms with Crippen molar-refractivity contribution in [1.82, 2.24) is 10.2 Å². The number of carbonyl (C=O) groups excluding carboxylic acids is 2. The molecule has 0 radical (unpaired) electrons. The van der Waals surface area contributed by atoms with Gasteiger partial charge in [0.1, 0.15) is 0 Å². The van der Waals surface area contributed by atoms with Gasteiger partial charge in [-0.3, -0.25) is 14.9 Å². The van der Waals surface area contributed by atoms with E-state index in [-0.39, 0.29) is 11.8 Å². The molecule has 0 aliphatic carbocycles. The number of benzene rings is 1. The van der Waals surface area contributed by atoms with Crippen LogP contribution < -0.4 is 15.5 Å². The molecule has 2 N–H and O–H groups in total. The average molecular weight is 328 g/mol. The number of rotatable bonds is 3. The molecule has 0 unspecified atom stereocenters. The Bertz CT molecular complexity index is 658. The van der Waals surface area contributed by atoms with Crippen LogP contribution in [0, 0.1) is 0 Å². The zero-order valence-electron chi connectivity index (χ0n) is 14.3. The van der Waals surface area contributed by atoms with E-state index < -0.39 is 0 Å². The van der Waals surface area contributed by atoms with E-state index in [1.807, 2.05) is 19.1 Å². The summed E-state index contributed by atoms with van der Waals surface area (Å²) in [6.07, 6.45) is 0.852. The predicted molar refractivity (Wildman–Crippen MR) is 94.9 cm³/mol. The number of hydrogen-bond acceptors (Lipinski definition) is 5. The number of likely N-dealkylation sites (N-methyl/N-ethyl adjacent to an activating group) is 1. The van der Waals surface area contributed by atoms with Crippen LogP contribution in [0.2, 0.25) is 0 Å². The van der Waals surface area contributed by atoms with Gasteiger partial charge in [-0.15, -0.1) is 0 Å². The zero-order valence-corrected chi connectivity index (χ0v) is 14.3. The standard InChI is InChI=1S/C18H24N4O2/c1-13(16-7-8-17(23)20-18(16)24)19-14-3-5-15(6-4-14)22-11-9-21(2)10-12-22/h3-6,19H,7-12H2,1-2H3,(H,20,23,24). The summed E-state index contributed by atoms with van der Waals surface area (Å²) in [7, 11) is 2.15. The van der Waals surface area contributed by atoms with E-state index in [0.29, 0.717) is 18.4 Å². The van der Waals surface area contributed by atoms with Gasteiger partial charge in [0.2, 0.25) is 5.91 Å². The number of nitrogens with one attached hydrogen (secondary N) is 2. The first-order valence-corrected chi connectivity index (χ1v) is 8.37. The second kappa shape index (κ2) is 7.05. The molecule has 128 valence electrons. The topological polar surface area (TPSA) is 64.7 Å². The molecule has 24 heavy (non-hydrogen) atoms. The SMILES string of the molecule is CC(Nc1ccc(N2CCN(C)CC2)cc1)=C1CCC(=O)NC1=O.